The van der Waals surface area contributed by atoms with Gasteiger partial charge in [0, 0.05) is 19.1 Å². The normalized spacial score (nSPS) is 20.6. The van der Waals surface area contributed by atoms with E-state index in [0.717, 1.165) is 24.8 Å². The van der Waals surface area contributed by atoms with Crippen LogP contribution in [0, 0.1) is 0 Å². The van der Waals surface area contributed by atoms with Crippen molar-refractivity contribution in [1.29, 1.82) is 0 Å². The third-order valence-corrected chi connectivity index (χ3v) is 5.89. The Bertz CT molecular complexity index is 879. The van der Waals surface area contributed by atoms with Crippen LogP contribution >= 0.6 is 0 Å². The first-order chi connectivity index (χ1) is 13.9. The number of likely N-dealkylation sites (tertiary alicyclic amines) is 1. The fraction of sp³-hybridized carbons (Fsp3) is 0.524. The van der Waals surface area contributed by atoms with Crippen LogP contribution in [0.4, 0.5) is 13.2 Å². The van der Waals surface area contributed by atoms with Gasteiger partial charge in [-0.25, -0.2) is 4.98 Å². The topological polar surface area (TPSA) is 58.4 Å². The summed E-state index contributed by atoms with van der Waals surface area (Å²) in [5, 5.41) is 10.5. The van der Waals surface area contributed by atoms with Crippen molar-refractivity contribution in [2.45, 2.75) is 63.4 Å². The molecule has 1 fully saturated rings. The highest BCUT2D eigenvalue weighted by Crippen LogP contribution is 2.35. The Hall–Kier alpha value is -2.35. The van der Waals surface area contributed by atoms with Crippen molar-refractivity contribution >= 4 is 5.91 Å². The van der Waals surface area contributed by atoms with Crippen molar-refractivity contribution in [3.8, 4) is 0 Å². The van der Waals surface area contributed by atoms with E-state index in [2.05, 4.69) is 4.98 Å². The zero-order valence-electron chi connectivity index (χ0n) is 16.0. The van der Waals surface area contributed by atoms with Gasteiger partial charge in [0.15, 0.2) is 0 Å². The average molecular weight is 407 g/mol. The van der Waals surface area contributed by atoms with Gasteiger partial charge in [-0.2, -0.15) is 13.2 Å². The maximum Gasteiger partial charge on any atom is 0.449 e. The lowest BCUT2D eigenvalue weighted by molar-refractivity contribution is -0.147. The molecule has 1 amide bonds. The fourth-order valence-electron chi connectivity index (χ4n) is 4.48. The number of nitrogens with zero attached hydrogens (tertiary/aromatic N) is 3. The van der Waals surface area contributed by atoms with Crippen LogP contribution in [-0.2, 0) is 19.1 Å². The number of hydrogen-bond acceptors (Lipinski definition) is 3. The van der Waals surface area contributed by atoms with Crippen LogP contribution in [-0.4, -0.2) is 38.1 Å². The van der Waals surface area contributed by atoms with E-state index in [0.29, 0.717) is 31.5 Å². The monoisotopic (exact) mass is 407 g/mol. The molecule has 2 atom stereocenters. The van der Waals surface area contributed by atoms with Crippen LogP contribution < -0.4 is 0 Å². The van der Waals surface area contributed by atoms with Crippen molar-refractivity contribution in [1.82, 2.24) is 14.5 Å². The Balaban J connectivity index is 1.58. The first kappa shape index (κ1) is 19.9. The molecule has 0 bridgehead atoms. The summed E-state index contributed by atoms with van der Waals surface area (Å²) in [5.41, 5.74) is 1.09. The second kappa shape index (κ2) is 7.82. The molecular formula is C21H24F3N3O2. The van der Waals surface area contributed by atoms with E-state index in [9.17, 15) is 23.1 Å². The van der Waals surface area contributed by atoms with Gasteiger partial charge in [0.25, 0.3) is 5.91 Å². The second-order valence-corrected chi connectivity index (χ2v) is 7.79. The summed E-state index contributed by atoms with van der Waals surface area (Å²) in [4.78, 5) is 18.6. The van der Waals surface area contributed by atoms with Crippen molar-refractivity contribution in [2.24, 2.45) is 0 Å². The highest BCUT2D eigenvalue weighted by atomic mass is 19.4. The molecule has 1 aromatic carbocycles. The molecular weight excluding hydrogens is 383 g/mol. The highest BCUT2D eigenvalue weighted by Gasteiger charge is 2.42. The van der Waals surface area contributed by atoms with Gasteiger partial charge < -0.3 is 14.6 Å². The Morgan fingerprint density at radius 3 is 2.66 bits per heavy atom. The summed E-state index contributed by atoms with van der Waals surface area (Å²) in [5.74, 6) is -1.43. The average Bonchev–Trinajstić information content (AvgIpc) is 3.32. The number of imidazole rings is 1. The third kappa shape index (κ3) is 3.90. The van der Waals surface area contributed by atoms with Gasteiger partial charge in [-0.1, -0.05) is 30.3 Å². The van der Waals surface area contributed by atoms with Crippen molar-refractivity contribution in [3.63, 3.8) is 0 Å². The van der Waals surface area contributed by atoms with E-state index in [-0.39, 0.29) is 18.3 Å². The van der Waals surface area contributed by atoms with Gasteiger partial charge in [0.1, 0.15) is 5.69 Å². The number of aliphatic hydroxyl groups excluding tert-OH is 1. The van der Waals surface area contributed by atoms with Crippen molar-refractivity contribution in [3.05, 3.63) is 53.1 Å². The lowest BCUT2D eigenvalue weighted by atomic mass is 10.00. The first-order valence-electron chi connectivity index (χ1n) is 10.1. The third-order valence-electron chi connectivity index (χ3n) is 5.89. The molecule has 0 aliphatic carbocycles. The number of fused-ring (bicyclic) bond motifs is 1. The van der Waals surface area contributed by atoms with E-state index in [1.807, 2.05) is 30.3 Å². The van der Waals surface area contributed by atoms with Crippen LogP contribution in [0.3, 0.4) is 0 Å². The molecule has 0 spiro atoms. The van der Waals surface area contributed by atoms with Gasteiger partial charge in [-0.05, 0) is 44.1 Å². The van der Waals surface area contributed by atoms with Crippen LogP contribution in [0.5, 0.6) is 0 Å². The number of alkyl halides is 3. The number of aliphatic hydroxyl groups is 1. The van der Waals surface area contributed by atoms with Crippen LogP contribution in [0.2, 0.25) is 0 Å². The molecule has 2 aromatic rings. The van der Waals surface area contributed by atoms with E-state index < -0.39 is 24.0 Å². The van der Waals surface area contributed by atoms with Gasteiger partial charge in [0.2, 0.25) is 5.82 Å². The van der Waals surface area contributed by atoms with Crippen LogP contribution in [0.1, 0.15) is 65.8 Å². The van der Waals surface area contributed by atoms with Crippen LogP contribution in [0.25, 0.3) is 0 Å². The van der Waals surface area contributed by atoms with E-state index in [1.165, 1.54) is 4.57 Å². The standard InChI is InChI=1S/C21H24F3N3O2/c22-21(23,24)20-25-18(16-10-4-5-11-27(16)20)19(29)26-12-6-9-15(26)13-17(28)14-7-2-1-3-8-14/h1-3,7-8,15,17,28H,4-6,9-13H2. The second-order valence-electron chi connectivity index (χ2n) is 7.79. The number of halogens is 3. The Labute approximate surface area is 167 Å². The Kier molecular flexibility index (Phi) is 5.38. The Morgan fingerprint density at radius 2 is 1.93 bits per heavy atom. The molecule has 8 heteroatoms. The summed E-state index contributed by atoms with van der Waals surface area (Å²) in [6.45, 7) is 0.708. The maximum absolute atomic E-state index is 13.4. The molecule has 2 unspecified atom stereocenters. The molecule has 156 valence electrons. The van der Waals surface area contributed by atoms with Gasteiger partial charge in [-0.15, -0.1) is 0 Å². The fourth-order valence-corrected chi connectivity index (χ4v) is 4.48. The van der Waals surface area contributed by atoms with Crippen molar-refractivity contribution < 1.29 is 23.1 Å². The molecule has 1 N–H and O–H groups in total. The summed E-state index contributed by atoms with van der Waals surface area (Å²) < 4.78 is 41.4. The van der Waals surface area contributed by atoms with E-state index in [1.54, 1.807) is 4.90 Å². The zero-order chi connectivity index (χ0) is 20.6. The molecule has 0 saturated carbocycles. The predicted octanol–water partition coefficient (Wildman–Crippen LogP) is 3.97. The zero-order valence-corrected chi connectivity index (χ0v) is 16.0. The number of hydrogen-bond donors (Lipinski definition) is 1. The number of amides is 1. The maximum atomic E-state index is 13.4. The molecule has 1 aromatic heterocycles. The minimum Gasteiger partial charge on any atom is -0.388 e. The number of carbonyl (C=O) groups excluding carboxylic acids is 1. The highest BCUT2D eigenvalue weighted by molar-refractivity contribution is 5.94. The summed E-state index contributed by atoms with van der Waals surface area (Å²) >= 11 is 0. The molecule has 29 heavy (non-hydrogen) atoms. The van der Waals surface area contributed by atoms with E-state index in [4.69, 9.17) is 0 Å². The predicted molar refractivity (Wildman–Crippen MR) is 100 cm³/mol. The largest absolute Gasteiger partial charge is 0.449 e. The summed E-state index contributed by atoms with van der Waals surface area (Å²) in [7, 11) is 0. The molecule has 4 rings (SSSR count). The van der Waals surface area contributed by atoms with Gasteiger partial charge >= 0.3 is 6.18 Å². The van der Waals surface area contributed by atoms with Crippen LogP contribution in [0.15, 0.2) is 30.3 Å². The quantitative estimate of drug-likeness (QED) is 0.835. The Morgan fingerprint density at radius 1 is 1.17 bits per heavy atom. The SMILES string of the molecule is O=C(c1nc(C(F)(F)F)n2c1CCCC2)N1CCCC1CC(O)c1ccccc1. The molecule has 5 nitrogen and oxygen atoms in total. The summed E-state index contributed by atoms with van der Waals surface area (Å²) in [6, 6.07) is 8.98. The van der Waals surface area contributed by atoms with Gasteiger partial charge in [-0.3, -0.25) is 4.79 Å². The minimum atomic E-state index is -4.58. The van der Waals surface area contributed by atoms with E-state index >= 15 is 0 Å². The molecule has 2 aliphatic rings. The first-order valence-corrected chi connectivity index (χ1v) is 10.1. The number of carbonyl (C=O) groups is 1. The molecule has 1 saturated heterocycles. The number of aromatic nitrogens is 2. The van der Waals surface area contributed by atoms with Gasteiger partial charge in [0.05, 0.1) is 11.8 Å². The minimum absolute atomic E-state index is 0.0712. The summed E-state index contributed by atoms with van der Waals surface area (Å²) in [6.07, 6.45) is -1.64. The smallest absolute Gasteiger partial charge is 0.388 e. The number of benzene rings is 1. The van der Waals surface area contributed by atoms with Crippen molar-refractivity contribution in [2.75, 3.05) is 6.54 Å². The molecule has 3 heterocycles. The lowest BCUT2D eigenvalue weighted by Crippen LogP contribution is -2.37. The molecule has 0 radical (unpaired) electrons. The lowest BCUT2D eigenvalue weighted by Gasteiger charge is -2.27. The number of rotatable bonds is 4. The molecule has 2 aliphatic heterocycles.